The van der Waals surface area contributed by atoms with E-state index in [4.69, 9.17) is 5.73 Å². The minimum atomic E-state index is 0.231. The standard InChI is InChI=1S/C13H10N2OS/c14-13-15-10(7-17-13)12-9-4-2-1-3-8(9)5-6-11(12)16/h1-7,16H,(H2,14,15). The number of thiazole rings is 1. The van der Waals surface area contributed by atoms with Crippen LogP contribution < -0.4 is 5.73 Å². The Morgan fingerprint density at radius 1 is 1.12 bits per heavy atom. The zero-order valence-electron chi connectivity index (χ0n) is 8.92. The average molecular weight is 242 g/mol. The number of aromatic hydroxyl groups is 1. The van der Waals surface area contributed by atoms with Crippen LogP contribution in [-0.4, -0.2) is 10.1 Å². The van der Waals surface area contributed by atoms with Gasteiger partial charge in [0, 0.05) is 5.38 Å². The van der Waals surface area contributed by atoms with Crippen molar-refractivity contribution in [2.45, 2.75) is 0 Å². The van der Waals surface area contributed by atoms with E-state index in [0.717, 1.165) is 22.0 Å². The summed E-state index contributed by atoms with van der Waals surface area (Å²) in [5.74, 6) is 0.231. The molecule has 3 aromatic rings. The summed E-state index contributed by atoms with van der Waals surface area (Å²) in [6.07, 6.45) is 0. The SMILES string of the molecule is Nc1nc(-c2c(O)ccc3ccccc23)cs1. The van der Waals surface area contributed by atoms with Gasteiger partial charge in [-0.1, -0.05) is 30.3 Å². The number of hydrogen-bond donors (Lipinski definition) is 2. The molecular weight excluding hydrogens is 232 g/mol. The highest BCUT2D eigenvalue weighted by Crippen LogP contribution is 2.36. The van der Waals surface area contributed by atoms with Gasteiger partial charge in [-0.25, -0.2) is 4.98 Å². The van der Waals surface area contributed by atoms with Gasteiger partial charge in [-0.2, -0.15) is 0 Å². The van der Waals surface area contributed by atoms with Crippen LogP contribution in [0.5, 0.6) is 5.75 Å². The van der Waals surface area contributed by atoms with Crippen LogP contribution in [0.4, 0.5) is 5.13 Å². The van der Waals surface area contributed by atoms with Crippen molar-refractivity contribution in [2.75, 3.05) is 5.73 Å². The van der Waals surface area contributed by atoms with E-state index in [9.17, 15) is 5.11 Å². The Morgan fingerprint density at radius 2 is 1.94 bits per heavy atom. The Morgan fingerprint density at radius 3 is 2.71 bits per heavy atom. The fraction of sp³-hybridized carbons (Fsp3) is 0. The van der Waals surface area contributed by atoms with E-state index in [1.807, 2.05) is 35.7 Å². The molecule has 0 fully saturated rings. The summed E-state index contributed by atoms with van der Waals surface area (Å²) in [6, 6.07) is 11.5. The topological polar surface area (TPSA) is 59.1 Å². The maximum absolute atomic E-state index is 10.00. The molecule has 0 atom stereocenters. The molecule has 1 heterocycles. The number of anilines is 1. The molecule has 17 heavy (non-hydrogen) atoms. The number of nitrogens with zero attached hydrogens (tertiary/aromatic N) is 1. The van der Waals surface area contributed by atoms with Crippen molar-refractivity contribution in [1.29, 1.82) is 0 Å². The highest BCUT2D eigenvalue weighted by molar-refractivity contribution is 7.13. The molecule has 0 bridgehead atoms. The zero-order chi connectivity index (χ0) is 11.8. The van der Waals surface area contributed by atoms with Gasteiger partial charge < -0.3 is 10.8 Å². The zero-order valence-corrected chi connectivity index (χ0v) is 9.74. The van der Waals surface area contributed by atoms with Gasteiger partial charge in [-0.15, -0.1) is 11.3 Å². The lowest BCUT2D eigenvalue weighted by atomic mass is 10.0. The lowest BCUT2D eigenvalue weighted by Crippen LogP contribution is -1.85. The molecule has 3 N–H and O–H groups in total. The molecule has 4 heteroatoms. The molecule has 0 radical (unpaired) electrons. The molecule has 0 amide bonds. The minimum absolute atomic E-state index is 0.231. The number of phenolic OH excluding ortho intramolecular Hbond substituents is 1. The number of hydrogen-bond acceptors (Lipinski definition) is 4. The Kier molecular flexibility index (Phi) is 2.23. The smallest absolute Gasteiger partial charge is 0.180 e. The first-order chi connectivity index (χ1) is 8.25. The molecule has 3 rings (SSSR count). The highest BCUT2D eigenvalue weighted by atomic mass is 32.1. The number of phenols is 1. The summed E-state index contributed by atoms with van der Waals surface area (Å²) in [7, 11) is 0. The summed E-state index contributed by atoms with van der Waals surface area (Å²) >= 11 is 1.37. The van der Waals surface area contributed by atoms with Gasteiger partial charge in [-0.05, 0) is 16.8 Å². The number of aromatic nitrogens is 1. The third-order valence-corrected chi connectivity index (χ3v) is 3.36. The van der Waals surface area contributed by atoms with Crippen molar-refractivity contribution in [1.82, 2.24) is 4.98 Å². The molecule has 0 spiro atoms. The predicted molar refractivity (Wildman–Crippen MR) is 71.1 cm³/mol. The second kappa shape index (κ2) is 3.75. The Labute approximate surface area is 102 Å². The van der Waals surface area contributed by atoms with Gasteiger partial charge in [0.2, 0.25) is 0 Å². The van der Waals surface area contributed by atoms with E-state index < -0.39 is 0 Å². The van der Waals surface area contributed by atoms with Crippen molar-refractivity contribution in [3.05, 3.63) is 41.8 Å². The lowest BCUT2D eigenvalue weighted by molar-refractivity contribution is 0.478. The number of benzene rings is 2. The largest absolute Gasteiger partial charge is 0.507 e. The molecule has 1 aromatic heterocycles. The first kappa shape index (κ1) is 10.1. The van der Waals surface area contributed by atoms with Crippen molar-refractivity contribution in [2.24, 2.45) is 0 Å². The molecule has 84 valence electrons. The maximum atomic E-state index is 10.00. The quantitative estimate of drug-likeness (QED) is 0.688. The second-order valence-corrected chi connectivity index (χ2v) is 4.64. The molecule has 0 unspecified atom stereocenters. The summed E-state index contributed by atoms with van der Waals surface area (Å²) in [5.41, 5.74) is 7.11. The van der Waals surface area contributed by atoms with Gasteiger partial charge in [0.1, 0.15) is 5.75 Å². The first-order valence-electron chi connectivity index (χ1n) is 5.18. The monoisotopic (exact) mass is 242 g/mol. The van der Waals surface area contributed by atoms with Crippen molar-refractivity contribution < 1.29 is 5.11 Å². The minimum Gasteiger partial charge on any atom is -0.507 e. The van der Waals surface area contributed by atoms with Crippen LogP contribution in [-0.2, 0) is 0 Å². The van der Waals surface area contributed by atoms with E-state index in [1.165, 1.54) is 11.3 Å². The predicted octanol–water partition coefficient (Wildman–Crippen LogP) is 3.25. The van der Waals surface area contributed by atoms with E-state index in [2.05, 4.69) is 4.98 Å². The maximum Gasteiger partial charge on any atom is 0.180 e. The van der Waals surface area contributed by atoms with Crippen molar-refractivity contribution >= 4 is 27.2 Å². The Bertz CT molecular complexity index is 691. The van der Waals surface area contributed by atoms with E-state index in [1.54, 1.807) is 6.07 Å². The van der Waals surface area contributed by atoms with Gasteiger partial charge in [0.25, 0.3) is 0 Å². The second-order valence-electron chi connectivity index (χ2n) is 3.75. The van der Waals surface area contributed by atoms with Crippen LogP contribution in [0, 0.1) is 0 Å². The van der Waals surface area contributed by atoms with Crippen LogP contribution in [0.1, 0.15) is 0 Å². The van der Waals surface area contributed by atoms with E-state index >= 15 is 0 Å². The number of nitrogens with two attached hydrogens (primary N) is 1. The molecule has 0 saturated heterocycles. The first-order valence-corrected chi connectivity index (χ1v) is 6.06. The molecule has 0 aliphatic rings. The molecule has 0 aliphatic carbocycles. The lowest BCUT2D eigenvalue weighted by Gasteiger charge is -2.06. The molecule has 2 aromatic carbocycles. The van der Waals surface area contributed by atoms with Crippen molar-refractivity contribution in [3.63, 3.8) is 0 Å². The number of nitrogen functional groups attached to an aromatic ring is 1. The van der Waals surface area contributed by atoms with E-state index in [-0.39, 0.29) is 5.75 Å². The normalized spacial score (nSPS) is 10.8. The molecular formula is C13H10N2OS. The van der Waals surface area contributed by atoms with Crippen molar-refractivity contribution in [3.8, 4) is 17.0 Å². The highest BCUT2D eigenvalue weighted by Gasteiger charge is 2.11. The van der Waals surface area contributed by atoms with Crippen LogP contribution in [0.3, 0.4) is 0 Å². The molecule has 3 nitrogen and oxygen atoms in total. The average Bonchev–Trinajstić information content (AvgIpc) is 2.75. The number of rotatable bonds is 1. The summed E-state index contributed by atoms with van der Waals surface area (Å²) < 4.78 is 0. The Hall–Kier alpha value is -2.07. The van der Waals surface area contributed by atoms with Crippen LogP contribution >= 0.6 is 11.3 Å². The Balaban J connectivity index is 2.38. The fourth-order valence-electron chi connectivity index (χ4n) is 1.93. The fourth-order valence-corrected chi connectivity index (χ4v) is 2.49. The third-order valence-electron chi connectivity index (χ3n) is 2.69. The molecule has 0 saturated carbocycles. The van der Waals surface area contributed by atoms with Gasteiger partial charge in [0.05, 0.1) is 11.3 Å². The summed E-state index contributed by atoms with van der Waals surface area (Å²) in [6.45, 7) is 0. The van der Waals surface area contributed by atoms with Crippen LogP contribution in [0.15, 0.2) is 41.8 Å². The number of fused-ring (bicyclic) bond motifs is 1. The summed E-state index contributed by atoms with van der Waals surface area (Å²) in [5, 5.41) is 14.4. The third kappa shape index (κ3) is 1.62. The van der Waals surface area contributed by atoms with E-state index in [0.29, 0.717) is 5.13 Å². The van der Waals surface area contributed by atoms with Crippen LogP contribution in [0.2, 0.25) is 0 Å². The molecule has 0 aliphatic heterocycles. The van der Waals surface area contributed by atoms with Gasteiger partial charge in [0.15, 0.2) is 5.13 Å². The van der Waals surface area contributed by atoms with Gasteiger partial charge >= 0.3 is 0 Å². The van der Waals surface area contributed by atoms with Gasteiger partial charge in [-0.3, -0.25) is 0 Å². The van der Waals surface area contributed by atoms with Crippen LogP contribution in [0.25, 0.3) is 22.0 Å². The summed E-state index contributed by atoms with van der Waals surface area (Å²) in [4.78, 5) is 4.23.